The van der Waals surface area contributed by atoms with E-state index in [1.165, 1.54) is 16.7 Å². The minimum absolute atomic E-state index is 1.16. The van der Waals surface area contributed by atoms with Gasteiger partial charge in [-0.2, -0.15) is 0 Å². The molecule has 1 N–H and O–H groups in total. The summed E-state index contributed by atoms with van der Waals surface area (Å²) in [5.74, 6) is 0. The van der Waals surface area contributed by atoms with Crippen LogP contribution in [0.25, 0.3) is 16.8 Å². The smallest absolute Gasteiger partial charge is 0.0456 e. The molecule has 86 valence electrons. The van der Waals surface area contributed by atoms with Gasteiger partial charge >= 0.3 is 0 Å². The van der Waals surface area contributed by atoms with E-state index in [4.69, 9.17) is 0 Å². The van der Waals surface area contributed by atoms with E-state index in [9.17, 15) is 0 Å². The first-order valence-electron chi connectivity index (χ1n) is 5.79. The predicted molar refractivity (Wildman–Crippen MR) is 74.8 cm³/mol. The first-order valence-corrected chi connectivity index (χ1v) is 5.79. The molecular weight excluding hydrogens is 206 g/mol. The largest absolute Gasteiger partial charge is 0.361 e. The summed E-state index contributed by atoms with van der Waals surface area (Å²) in [6.45, 7) is 7.96. The highest BCUT2D eigenvalue weighted by Gasteiger charge is 2.02. The lowest BCUT2D eigenvalue weighted by molar-refractivity contribution is 1.38. The Morgan fingerprint density at radius 1 is 1.29 bits per heavy atom. The summed E-state index contributed by atoms with van der Waals surface area (Å²) in [5, 5.41) is 0. The second-order valence-corrected chi connectivity index (χ2v) is 4.12. The third-order valence-electron chi connectivity index (χ3n) is 2.87. The molecule has 17 heavy (non-hydrogen) atoms. The first kappa shape index (κ1) is 11.5. The normalized spacial score (nSPS) is 11.5. The van der Waals surface area contributed by atoms with E-state index in [0.29, 0.717) is 0 Å². The third-order valence-corrected chi connectivity index (χ3v) is 2.87. The van der Waals surface area contributed by atoms with Crippen LogP contribution in [0.5, 0.6) is 0 Å². The number of benzene rings is 1. The van der Waals surface area contributed by atoms with Gasteiger partial charge in [0.25, 0.3) is 0 Å². The Hall–Kier alpha value is -2.02. The summed E-state index contributed by atoms with van der Waals surface area (Å²) in [7, 11) is 0. The van der Waals surface area contributed by atoms with Crippen LogP contribution >= 0.6 is 0 Å². The van der Waals surface area contributed by atoms with Crippen LogP contribution in [0, 0.1) is 6.92 Å². The van der Waals surface area contributed by atoms with Gasteiger partial charge in [-0.05, 0) is 48.2 Å². The van der Waals surface area contributed by atoms with Gasteiger partial charge in [-0.25, -0.2) is 0 Å². The Morgan fingerprint density at radius 3 is 2.71 bits per heavy atom. The minimum Gasteiger partial charge on any atom is -0.361 e. The average molecular weight is 223 g/mol. The molecule has 0 bridgehead atoms. The average Bonchev–Trinajstić information content (AvgIpc) is 2.78. The number of aryl methyl sites for hydroxylation is 1. The van der Waals surface area contributed by atoms with E-state index >= 15 is 0 Å². The zero-order valence-corrected chi connectivity index (χ0v) is 10.3. The summed E-state index contributed by atoms with van der Waals surface area (Å²) in [6.07, 6.45) is 5.98. The minimum atomic E-state index is 1.16. The molecule has 1 nitrogen and oxygen atoms in total. The molecule has 0 saturated carbocycles. The number of aromatic nitrogens is 1. The quantitative estimate of drug-likeness (QED) is 0.733. The van der Waals surface area contributed by atoms with Crippen LogP contribution in [0.3, 0.4) is 0 Å². The summed E-state index contributed by atoms with van der Waals surface area (Å²) >= 11 is 0. The molecule has 2 aromatic rings. The highest BCUT2D eigenvalue weighted by atomic mass is 14.7. The van der Waals surface area contributed by atoms with Gasteiger partial charge < -0.3 is 4.98 Å². The van der Waals surface area contributed by atoms with Gasteiger partial charge in [0.05, 0.1) is 0 Å². The number of rotatable bonds is 3. The molecule has 0 aliphatic carbocycles. The number of nitrogens with one attached hydrogen (secondary N) is 1. The van der Waals surface area contributed by atoms with Crippen LogP contribution in [-0.2, 0) is 0 Å². The SMILES string of the molecule is C=C/C(=C\C)c1cccc(-c2cc(C)c[nH]2)c1. The van der Waals surface area contributed by atoms with Crippen molar-refractivity contribution in [1.82, 2.24) is 4.98 Å². The lowest BCUT2D eigenvalue weighted by Gasteiger charge is -2.04. The molecule has 1 heteroatoms. The molecule has 2 rings (SSSR count). The van der Waals surface area contributed by atoms with Crippen molar-refractivity contribution in [1.29, 1.82) is 0 Å². The molecule has 0 radical (unpaired) electrons. The number of aromatic amines is 1. The first-order chi connectivity index (χ1) is 8.24. The van der Waals surface area contributed by atoms with Crippen LogP contribution in [0.15, 0.2) is 55.3 Å². The van der Waals surface area contributed by atoms with Gasteiger partial charge in [0.15, 0.2) is 0 Å². The zero-order valence-electron chi connectivity index (χ0n) is 10.3. The van der Waals surface area contributed by atoms with Gasteiger partial charge in [0.2, 0.25) is 0 Å². The fourth-order valence-corrected chi connectivity index (χ4v) is 1.94. The van der Waals surface area contributed by atoms with Gasteiger partial charge in [0, 0.05) is 11.9 Å². The van der Waals surface area contributed by atoms with Crippen molar-refractivity contribution >= 4 is 5.57 Å². The van der Waals surface area contributed by atoms with Crippen molar-refractivity contribution in [2.24, 2.45) is 0 Å². The number of allylic oxidation sites excluding steroid dienone is 3. The van der Waals surface area contributed by atoms with Crippen molar-refractivity contribution in [2.75, 3.05) is 0 Å². The van der Waals surface area contributed by atoms with E-state index in [-0.39, 0.29) is 0 Å². The maximum absolute atomic E-state index is 3.84. The Kier molecular flexibility index (Phi) is 3.29. The van der Waals surface area contributed by atoms with E-state index in [2.05, 4.69) is 54.9 Å². The highest BCUT2D eigenvalue weighted by Crippen LogP contribution is 2.23. The maximum atomic E-state index is 3.84. The maximum Gasteiger partial charge on any atom is 0.0456 e. The van der Waals surface area contributed by atoms with Crippen molar-refractivity contribution in [2.45, 2.75) is 13.8 Å². The fourth-order valence-electron chi connectivity index (χ4n) is 1.94. The Labute approximate surface area is 103 Å². The van der Waals surface area contributed by atoms with Gasteiger partial charge in [-0.15, -0.1) is 0 Å². The molecule has 0 aliphatic heterocycles. The third kappa shape index (κ3) is 2.39. The number of hydrogen-bond donors (Lipinski definition) is 1. The van der Waals surface area contributed by atoms with E-state index < -0.39 is 0 Å². The van der Waals surface area contributed by atoms with Crippen LogP contribution in [0.1, 0.15) is 18.1 Å². The molecule has 1 aromatic carbocycles. The molecule has 0 saturated heterocycles. The van der Waals surface area contributed by atoms with Crippen LogP contribution in [-0.4, -0.2) is 4.98 Å². The Morgan fingerprint density at radius 2 is 2.12 bits per heavy atom. The fraction of sp³-hybridized carbons (Fsp3) is 0.125. The zero-order chi connectivity index (χ0) is 12.3. The second-order valence-electron chi connectivity index (χ2n) is 4.12. The van der Waals surface area contributed by atoms with Gasteiger partial charge in [-0.1, -0.05) is 36.9 Å². The molecule has 0 unspecified atom stereocenters. The van der Waals surface area contributed by atoms with Crippen LogP contribution < -0.4 is 0 Å². The molecular formula is C16H17N. The van der Waals surface area contributed by atoms with E-state index in [1.807, 2.05) is 19.2 Å². The molecule has 0 fully saturated rings. The monoisotopic (exact) mass is 223 g/mol. The number of hydrogen-bond acceptors (Lipinski definition) is 0. The van der Waals surface area contributed by atoms with Crippen LogP contribution in [0.4, 0.5) is 0 Å². The Balaban J connectivity index is 2.44. The summed E-state index contributed by atoms with van der Waals surface area (Å²) in [4.78, 5) is 3.28. The van der Waals surface area contributed by atoms with Crippen LogP contribution in [0.2, 0.25) is 0 Å². The Bertz CT molecular complexity index is 558. The summed E-state index contributed by atoms with van der Waals surface area (Å²) < 4.78 is 0. The van der Waals surface area contributed by atoms with E-state index in [1.54, 1.807) is 0 Å². The molecule has 1 aromatic heterocycles. The lowest BCUT2D eigenvalue weighted by Crippen LogP contribution is -1.83. The van der Waals surface area contributed by atoms with E-state index in [0.717, 1.165) is 11.3 Å². The van der Waals surface area contributed by atoms with Crippen molar-refractivity contribution in [3.8, 4) is 11.3 Å². The summed E-state index contributed by atoms with van der Waals surface area (Å²) in [5.41, 5.74) is 5.98. The van der Waals surface area contributed by atoms with Gasteiger partial charge in [0.1, 0.15) is 0 Å². The number of H-pyrrole nitrogens is 1. The topological polar surface area (TPSA) is 15.8 Å². The van der Waals surface area contributed by atoms with Gasteiger partial charge in [-0.3, -0.25) is 0 Å². The molecule has 0 amide bonds. The molecule has 0 atom stereocenters. The van der Waals surface area contributed by atoms with Crippen molar-refractivity contribution in [3.63, 3.8) is 0 Å². The summed E-state index contributed by atoms with van der Waals surface area (Å²) in [6, 6.07) is 10.6. The lowest BCUT2D eigenvalue weighted by atomic mass is 10.0. The standard InChI is InChI=1S/C16H17N/c1-4-13(5-2)14-7-6-8-15(10-14)16-9-12(3)11-17-16/h4-11,17H,1H2,2-3H3/b13-5+. The molecule has 0 aliphatic rings. The van der Waals surface area contributed by atoms with Crippen molar-refractivity contribution < 1.29 is 0 Å². The molecule has 0 spiro atoms. The second kappa shape index (κ2) is 4.88. The predicted octanol–water partition coefficient (Wildman–Crippen LogP) is 4.58. The molecule has 1 heterocycles. The van der Waals surface area contributed by atoms with Crippen molar-refractivity contribution in [3.05, 3.63) is 66.4 Å². The highest BCUT2D eigenvalue weighted by molar-refractivity contribution is 5.76.